The molecule has 1 unspecified atom stereocenters. The Labute approximate surface area is 89.9 Å². The molecule has 0 aromatic heterocycles. The second-order valence-electron chi connectivity index (χ2n) is 5.12. The predicted octanol–water partition coefficient (Wildman–Crippen LogP) is 1.97. The van der Waals surface area contributed by atoms with Crippen LogP contribution in [0.15, 0.2) is 35.5 Å². The Morgan fingerprint density at radius 3 is 3.00 bits per heavy atom. The molecule has 2 bridgehead atoms. The molecular formula is C13H16O2. The number of rotatable bonds is 0. The summed E-state index contributed by atoms with van der Waals surface area (Å²) < 4.78 is 5.93. The molecule has 1 aliphatic carbocycles. The summed E-state index contributed by atoms with van der Waals surface area (Å²) in [7, 11) is 0. The zero-order valence-corrected chi connectivity index (χ0v) is 9.10. The maximum absolute atomic E-state index is 9.86. The fourth-order valence-corrected chi connectivity index (χ4v) is 2.87. The molecule has 2 heteroatoms. The first kappa shape index (κ1) is 9.37. The Morgan fingerprint density at radius 2 is 2.20 bits per heavy atom. The Bertz CT molecular complexity index is 387. The van der Waals surface area contributed by atoms with Crippen LogP contribution < -0.4 is 0 Å². The number of ether oxygens (including phenoxy) is 1. The molecule has 2 heterocycles. The molecule has 0 fully saturated rings. The Balaban J connectivity index is 2.13. The van der Waals surface area contributed by atoms with Crippen molar-refractivity contribution in [1.29, 1.82) is 0 Å². The molecule has 0 aromatic carbocycles. The van der Waals surface area contributed by atoms with Crippen molar-refractivity contribution in [3.63, 3.8) is 0 Å². The molecule has 0 spiro atoms. The van der Waals surface area contributed by atoms with Crippen molar-refractivity contribution in [2.75, 3.05) is 0 Å². The van der Waals surface area contributed by atoms with Crippen LogP contribution in [0.1, 0.15) is 20.3 Å². The Hall–Kier alpha value is -0.860. The summed E-state index contributed by atoms with van der Waals surface area (Å²) in [6, 6.07) is 0. The topological polar surface area (TPSA) is 29.5 Å². The smallest absolute Gasteiger partial charge is 0.110 e. The monoisotopic (exact) mass is 204 g/mol. The van der Waals surface area contributed by atoms with Gasteiger partial charge in [-0.3, -0.25) is 0 Å². The average Bonchev–Trinajstić information content (AvgIpc) is 2.66. The van der Waals surface area contributed by atoms with Crippen LogP contribution in [-0.2, 0) is 4.74 Å². The van der Waals surface area contributed by atoms with E-state index in [-0.39, 0.29) is 17.6 Å². The third kappa shape index (κ3) is 1.12. The highest BCUT2D eigenvalue weighted by Crippen LogP contribution is 2.47. The van der Waals surface area contributed by atoms with Gasteiger partial charge in [0.15, 0.2) is 0 Å². The van der Waals surface area contributed by atoms with Crippen LogP contribution >= 0.6 is 0 Å². The quantitative estimate of drug-likeness (QED) is 0.611. The van der Waals surface area contributed by atoms with E-state index in [2.05, 4.69) is 26.0 Å². The fraction of sp³-hybridized carbons (Fsp3) is 0.538. The number of hydrogen-bond donors (Lipinski definition) is 1. The highest BCUT2D eigenvalue weighted by Gasteiger charge is 2.45. The molecule has 2 aliphatic heterocycles. The van der Waals surface area contributed by atoms with Crippen LogP contribution in [0, 0.1) is 5.41 Å². The van der Waals surface area contributed by atoms with Gasteiger partial charge in [0.2, 0.25) is 0 Å². The first-order chi connectivity index (χ1) is 7.10. The van der Waals surface area contributed by atoms with Crippen molar-refractivity contribution in [3.05, 3.63) is 35.5 Å². The molecule has 80 valence electrons. The lowest BCUT2D eigenvalue weighted by molar-refractivity contribution is -0.0825. The second kappa shape index (κ2) is 2.83. The van der Waals surface area contributed by atoms with Crippen LogP contribution in [0.3, 0.4) is 0 Å². The minimum Gasteiger partial charge on any atom is -0.386 e. The van der Waals surface area contributed by atoms with Crippen LogP contribution in [0.4, 0.5) is 0 Å². The van der Waals surface area contributed by atoms with Crippen LogP contribution in [0.25, 0.3) is 0 Å². The lowest BCUT2D eigenvalue weighted by Crippen LogP contribution is -2.47. The number of aliphatic hydroxyl groups excluding tert-OH is 1. The summed E-state index contributed by atoms with van der Waals surface area (Å²) in [5.41, 5.74) is 2.68. The Morgan fingerprint density at radius 1 is 1.40 bits per heavy atom. The average molecular weight is 204 g/mol. The lowest BCUT2D eigenvalue weighted by Gasteiger charge is -2.45. The van der Waals surface area contributed by atoms with Gasteiger partial charge in [-0.2, -0.15) is 0 Å². The minimum absolute atomic E-state index is 0.0372. The van der Waals surface area contributed by atoms with Crippen LogP contribution in [0.5, 0.6) is 0 Å². The molecule has 3 aliphatic rings. The molecule has 0 radical (unpaired) electrons. The molecule has 15 heavy (non-hydrogen) atoms. The van der Waals surface area contributed by atoms with Gasteiger partial charge >= 0.3 is 0 Å². The van der Waals surface area contributed by atoms with Crippen LogP contribution in [-0.4, -0.2) is 23.4 Å². The molecule has 0 aromatic rings. The Kier molecular flexibility index (Phi) is 1.77. The molecule has 0 amide bonds. The highest BCUT2D eigenvalue weighted by atomic mass is 16.5. The predicted molar refractivity (Wildman–Crippen MR) is 58.4 cm³/mol. The maximum atomic E-state index is 9.86. The van der Waals surface area contributed by atoms with Crippen molar-refractivity contribution in [1.82, 2.24) is 0 Å². The minimum atomic E-state index is -0.470. The van der Waals surface area contributed by atoms with E-state index in [0.717, 1.165) is 6.42 Å². The van der Waals surface area contributed by atoms with Gasteiger partial charge in [0, 0.05) is 5.41 Å². The van der Waals surface area contributed by atoms with E-state index in [1.54, 1.807) is 0 Å². The molecule has 3 rings (SSSR count). The largest absolute Gasteiger partial charge is 0.386 e. The van der Waals surface area contributed by atoms with E-state index in [0.29, 0.717) is 0 Å². The van der Waals surface area contributed by atoms with Crippen molar-refractivity contribution < 1.29 is 9.84 Å². The van der Waals surface area contributed by atoms with Gasteiger partial charge in [0.1, 0.15) is 12.2 Å². The lowest BCUT2D eigenvalue weighted by atomic mass is 9.72. The van der Waals surface area contributed by atoms with Gasteiger partial charge in [-0.05, 0) is 17.6 Å². The zero-order valence-electron chi connectivity index (χ0n) is 9.10. The van der Waals surface area contributed by atoms with Crippen LogP contribution in [0.2, 0.25) is 0 Å². The summed E-state index contributed by atoms with van der Waals surface area (Å²) in [5, 5.41) is 9.86. The summed E-state index contributed by atoms with van der Waals surface area (Å²) >= 11 is 0. The summed E-state index contributed by atoms with van der Waals surface area (Å²) in [5.74, 6) is 0. The van der Waals surface area contributed by atoms with Crippen molar-refractivity contribution in [2.45, 2.75) is 38.6 Å². The normalized spacial score (nSPS) is 40.9. The fourth-order valence-electron chi connectivity index (χ4n) is 2.87. The van der Waals surface area contributed by atoms with E-state index in [1.807, 2.05) is 12.2 Å². The number of fused-ring (bicyclic) bond motifs is 3. The molecular weight excluding hydrogens is 188 g/mol. The van der Waals surface area contributed by atoms with E-state index >= 15 is 0 Å². The number of hydrogen-bond acceptors (Lipinski definition) is 2. The van der Waals surface area contributed by atoms with Gasteiger partial charge in [-0.15, -0.1) is 0 Å². The molecule has 2 nitrogen and oxygen atoms in total. The SMILES string of the molecule is CC1(C)C2=C(CC=C2)[C@H]2O[C@@H]1C=CC2O. The second-order valence-corrected chi connectivity index (χ2v) is 5.12. The van der Waals surface area contributed by atoms with Crippen molar-refractivity contribution in [3.8, 4) is 0 Å². The van der Waals surface area contributed by atoms with E-state index in [4.69, 9.17) is 4.74 Å². The summed E-state index contributed by atoms with van der Waals surface area (Å²) in [6.45, 7) is 4.42. The standard InChI is InChI=1S/C13H16O2/c1-13(2)9-5-3-4-8(9)12-10(14)6-7-11(13)15-12/h3,5-7,10-12,14H,4H2,1-2H3/t10?,11-,12-/m1/s1. The molecule has 1 N–H and O–H groups in total. The highest BCUT2D eigenvalue weighted by molar-refractivity contribution is 5.45. The van der Waals surface area contributed by atoms with E-state index < -0.39 is 6.10 Å². The first-order valence-corrected chi connectivity index (χ1v) is 5.52. The third-order valence-electron chi connectivity index (χ3n) is 3.80. The third-order valence-corrected chi connectivity index (χ3v) is 3.80. The molecule has 3 atom stereocenters. The van der Waals surface area contributed by atoms with Crippen molar-refractivity contribution in [2.24, 2.45) is 5.41 Å². The van der Waals surface area contributed by atoms with E-state index in [9.17, 15) is 5.11 Å². The van der Waals surface area contributed by atoms with Gasteiger partial charge in [0.25, 0.3) is 0 Å². The van der Waals surface area contributed by atoms with Gasteiger partial charge in [0.05, 0.1) is 6.10 Å². The molecule has 0 saturated carbocycles. The number of allylic oxidation sites excluding steroid dienone is 2. The zero-order chi connectivity index (χ0) is 10.6. The molecule has 0 saturated heterocycles. The number of aliphatic hydroxyl groups is 1. The summed E-state index contributed by atoms with van der Waals surface area (Å²) in [4.78, 5) is 0. The maximum Gasteiger partial charge on any atom is 0.110 e. The summed E-state index contributed by atoms with van der Waals surface area (Å²) in [6.07, 6.45) is 8.70. The van der Waals surface area contributed by atoms with Gasteiger partial charge in [-0.1, -0.05) is 38.2 Å². The van der Waals surface area contributed by atoms with E-state index in [1.165, 1.54) is 11.1 Å². The van der Waals surface area contributed by atoms with Gasteiger partial charge < -0.3 is 9.84 Å². The van der Waals surface area contributed by atoms with Crippen molar-refractivity contribution >= 4 is 0 Å². The first-order valence-electron chi connectivity index (χ1n) is 5.52. The van der Waals surface area contributed by atoms with Gasteiger partial charge in [-0.25, -0.2) is 0 Å².